The summed E-state index contributed by atoms with van der Waals surface area (Å²) in [7, 11) is -2.44. The van der Waals surface area contributed by atoms with Crippen LogP contribution in [0.3, 0.4) is 0 Å². The maximum Gasteiger partial charge on any atom is 0.416 e. The Labute approximate surface area is 187 Å². The maximum absolute atomic E-state index is 13.1. The lowest BCUT2D eigenvalue weighted by atomic mass is 10.2. The molecule has 178 valence electrons. The van der Waals surface area contributed by atoms with E-state index in [1.165, 1.54) is 0 Å². The number of alkyl halides is 3. The molecule has 0 saturated heterocycles. The van der Waals surface area contributed by atoms with Gasteiger partial charge in [0.15, 0.2) is 0 Å². The summed E-state index contributed by atoms with van der Waals surface area (Å²) in [5.41, 5.74) is -0.159. The Morgan fingerprint density at radius 1 is 1.16 bits per heavy atom. The summed E-state index contributed by atoms with van der Waals surface area (Å²) >= 11 is 0. The van der Waals surface area contributed by atoms with Gasteiger partial charge < -0.3 is 9.47 Å². The molecule has 2 rings (SSSR count). The number of amides is 1. The van der Waals surface area contributed by atoms with E-state index in [9.17, 15) is 26.4 Å². The summed E-state index contributed by atoms with van der Waals surface area (Å²) < 4.78 is 68.4. The SMILES string of the molecule is CCCN(CC(=O)N(Cc1cccn1C)CC(C)C)S(=O)(=O)c1cccc(C(F)(F)F)c1. The molecule has 1 aromatic heterocycles. The maximum atomic E-state index is 13.1. The molecule has 0 spiro atoms. The van der Waals surface area contributed by atoms with Crippen LogP contribution in [0.5, 0.6) is 0 Å². The van der Waals surface area contributed by atoms with Gasteiger partial charge in [0, 0.05) is 32.0 Å². The second kappa shape index (κ2) is 10.5. The normalized spacial score (nSPS) is 12.5. The zero-order valence-corrected chi connectivity index (χ0v) is 19.6. The lowest BCUT2D eigenvalue weighted by molar-refractivity contribution is -0.137. The number of nitrogens with zero attached hydrogens (tertiary/aromatic N) is 3. The van der Waals surface area contributed by atoms with E-state index in [-0.39, 0.29) is 12.5 Å². The molecule has 0 fully saturated rings. The lowest BCUT2D eigenvalue weighted by Crippen LogP contribution is -2.44. The second-order valence-corrected chi connectivity index (χ2v) is 10.1. The molecule has 6 nitrogen and oxygen atoms in total. The smallest absolute Gasteiger partial charge is 0.353 e. The predicted molar refractivity (Wildman–Crippen MR) is 116 cm³/mol. The molecular weight excluding hydrogens is 443 g/mol. The van der Waals surface area contributed by atoms with Crippen LogP contribution in [-0.2, 0) is 34.6 Å². The molecule has 0 N–H and O–H groups in total. The zero-order valence-electron chi connectivity index (χ0n) is 18.8. The minimum absolute atomic E-state index is 0.0178. The highest BCUT2D eigenvalue weighted by Gasteiger charge is 2.34. The van der Waals surface area contributed by atoms with Crippen molar-refractivity contribution < 1.29 is 26.4 Å². The summed E-state index contributed by atoms with van der Waals surface area (Å²) in [6, 6.07) is 7.34. The molecule has 0 bridgehead atoms. The Morgan fingerprint density at radius 3 is 2.38 bits per heavy atom. The van der Waals surface area contributed by atoms with Gasteiger partial charge in [-0.2, -0.15) is 17.5 Å². The molecule has 0 saturated carbocycles. The van der Waals surface area contributed by atoms with Gasteiger partial charge >= 0.3 is 6.18 Å². The van der Waals surface area contributed by atoms with Gasteiger partial charge in [0.05, 0.1) is 23.5 Å². The quantitative estimate of drug-likeness (QED) is 0.521. The van der Waals surface area contributed by atoms with E-state index in [2.05, 4.69) is 0 Å². The summed E-state index contributed by atoms with van der Waals surface area (Å²) in [5.74, 6) is -0.247. The van der Waals surface area contributed by atoms with Gasteiger partial charge in [0.1, 0.15) is 0 Å². The van der Waals surface area contributed by atoms with E-state index in [1.54, 1.807) is 11.8 Å². The van der Waals surface area contributed by atoms with Crippen LogP contribution in [0, 0.1) is 5.92 Å². The molecule has 0 aliphatic rings. The molecule has 10 heteroatoms. The zero-order chi connectivity index (χ0) is 24.1. The third-order valence-electron chi connectivity index (χ3n) is 4.93. The molecule has 0 aliphatic heterocycles. The first-order valence-corrected chi connectivity index (χ1v) is 11.9. The van der Waals surface area contributed by atoms with Crippen LogP contribution in [0.15, 0.2) is 47.5 Å². The van der Waals surface area contributed by atoms with Crippen LogP contribution in [0.4, 0.5) is 13.2 Å². The predicted octanol–water partition coefficient (Wildman–Crippen LogP) is 4.13. The van der Waals surface area contributed by atoms with Crippen molar-refractivity contribution in [1.29, 1.82) is 0 Å². The minimum atomic E-state index is -4.67. The fourth-order valence-corrected chi connectivity index (χ4v) is 4.85. The van der Waals surface area contributed by atoms with Crippen LogP contribution in [0.2, 0.25) is 0 Å². The van der Waals surface area contributed by atoms with Crippen molar-refractivity contribution in [3.8, 4) is 0 Å². The van der Waals surface area contributed by atoms with Gasteiger partial charge in [-0.3, -0.25) is 4.79 Å². The van der Waals surface area contributed by atoms with E-state index in [4.69, 9.17) is 0 Å². The Balaban J connectivity index is 2.32. The van der Waals surface area contributed by atoms with E-state index in [0.717, 1.165) is 28.2 Å². The third kappa shape index (κ3) is 6.59. The first kappa shape index (κ1) is 25.9. The van der Waals surface area contributed by atoms with Crippen molar-refractivity contribution in [3.63, 3.8) is 0 Å². The molecule has 1 amide bonds. The van der Waals surface area contributed by atoms with Crippen LogP contribution in [-0.4, -0.2) is 47.7 Å². The molecule has 1 heterocycles. The number of benzene rings is 1. The van der Waals surface area contributed by atoms with Crippen molar-refractivity contribution in [3.05, 3.63) is 53.9 Å². The molecule has 32 heavy (non-hydrogen) atoms. The highest BCUT2D eigenvalue weighted by Crippen LogP contribution is 2.31. The van der Waals surface area contributed by atoms with Gasteiger partial charge in [-0.1, -0.05) is 26.8 Å². The van der Waals surface area contributed by atoms with Gasteiger partial charge in [-0.25, -0.2) is 8.42 Å². The standard InChI is InChI=1S/C22H30F3N3O3S/c1-5-11-28(32(30,31)20-10-6-8-18(13-20)22(23,24)25)16-21(29)27(14-17(2)3)15-19-9-7-12-26(19)4/h6-10,12-13,17H,5,11,14-16H2,1-4H3. The number of hydrogen-bond acceptors (Lipinski definition) is 3. The molecule has 0 unspecified atom stereocenters. The van der Waals surface area contributed by atoms with E-state index < -0.39 is 39.1 Å². The highest BCUT2D eigenvalue weighted by atomic mass is 32.2. The Kier molecular flexibility index (Phi) is 8.53. The summed E-state index contributed by atoms with van der Waals surface area (Å²) in [6.07, 6.45) is -2.40. The van der Waals surface area contributed by atoms with E-state index >= 15 is 0 Å². The van der Waals surface area contributed by atoms with Gasteiger partial charge in [-0.05, 0) is 42.7 Å². The van der Waals surface area contributed by atoms with Gasteiger partial charge in [0.2, 0.25) is 15.9 Å². The number of aryl methyl sites for hydroxylation is 1. The summed E-state index contributed by atoms with van der Waals surface area (Å²) in [4.78, 5) is 14.2. The van der Waals surface area contributed by atoms with Gasteiger partial charge in [0.25, 0.3) is 0 Å². The van der Waals surface area contributed by atoms with Crippen LogP contribution in [0.1, 0.15) is 38.4 Å². The number of carbonyl (C=O) groups is 1. The monoisotopic (exact) mass is 473 g/mol. The fourth-order valence-electron chi connectivity index (χ4n) is 3.32. The Bertz CT molecular complexity index is 1020. The third-order valence-corrected chi connectivity index (χ3v) is 6.77. The number of halogens is 3. The van der Waals surface area contributed by atoms with Crippen molar-refractivity contribution >= 4 is 15.9 Å². The van der Waals surface area contributed by atoms with E-state index in [1.807, 2.05) is 43.8 Å². The van der Waals surface area contributed by atoms with Crippen LogP contribution < -0.4 is 0 Å². The lowest BCUT2D eigenvalue weighted by Gasteiger charge is -2.28. The average Bonchev–Trinajstić information content (AvgIpc) is 3.10. The van der Waals surface area contributed by atoms with Gasteiger partial charge in [-0.15, -0.1) is 0 Å². The minimum Gasteiger partial charge on any atom is -0.353 e. The highest BCUT2D eigenvalue weighted by molar-refractivity contribution is 7.89. The van der Waals surface area contributed by atoms with Crippen LogP contribution in [0.25, 0.3) is 0 Å². The number of rotatable bonds is 10. The molecule has 1 aromatic carbocycles. The van der Waals surface area contributed by atoms with E-state index in [0.29, 0.717) is 25.6 Å². The number of carbonyl (C=O) groups excluding carboxylic acids is 1. The molecule has 0 radical (unpaired) electrons. The molecular formula is C22H30F3N3O3S. The van der Waals surface area contributed by atoms with Crippen molar-refractivity contribution in [1.82, 2.24) is 13.8 Å². The second-order valence-electron chi connectivity index (χ2n) is 8.14. The largest absolute Gasteiger partial charge is 0.416 e. The number of hydrogen-bond donors (Lipinski definition) is 0. The fraction of sp³-hybridized carbons (Fsp3) is 0.500. The Hall–Kier alpha value is -2.33. The number of aromatic nitrogens is 1. The first-order chi connectivity index (χ1) is 14.9. The van der Waals surface area contributed by atoms with Crippen molar-refractivity contribution in [2.45, 2.75) is 44.8 Å². The van der Waals surface area contributed by atoms with Crippen molar-refractivity contribution in [2.75, 3.05) is 19.6 Å². The topological polar surface area (TPSA) is 62.6 Å². The molecule has 0 atom stereocenters. The molecule has 2 aromatic rings. The molecule has 0 aliphatic carbocycles. The Morgan fingerprint density at radius 2 is 1.84 bits per heavy atom. The average molecular weight is 474 g/mol. The number of sulfonamides is 1. The first-order valence-electron chi connectivity index (χ1n) is 10.4. The van der Waals surface area contributed by atoms with Crippen LogP contribution >= 0.6 is 0 Å². The summed E-state index contributed by atoms with van der Waals surface area (Å²) in [6.45, 7) is 5.96. The van der Waals surface area contributed by atoms with Crippen molar-refractivity contribution in [2.24, 2.45) is 13.0 Å². The summed E-state index contributed by atoms with van der Waals surface area (Å²) in [5, 5.41) is 0.